The Balaban J connectivity index is 1.12. The number of benzene rings is 4. The molecule has 0 bridgehead atoms. The summed E-state index contributed by atoms with van der Waals surface area (Å²) in [6.07, 6.45) is 0.436. The van der Waals surface area contributed by atoms with E-state index in [9.17, 15) is 18.0 Å². The van der Waals surface area contributed by atoms with Crippen LogP contribution in [0.1, 0.15) is 26.3 Å². The minimum atomic E-state index is -3.61. The van der Waals surface area contributed by atoms with E-state index in [4.69, 9.17) is 0 Å². The first-order valence-electron chi connectivity index (χ1n) is 12.7. The third-order valence-electron chi connectivity index (χ3n) is 7.40. The number of rotatable bonds is 6. The highest BCUT2D eigenvalue weighted by Crippen LogP contribution is 2.30. The Labute approximate surface area is 221 Å². The minimum absolute atomic E-state index is 0.218. The van der Waals surface area contributed by atoms with E-state index in [-0.39, 0.29) is 23.3 Å². The summed E-state index contributed by atoms with van der Waals surface area (Å²) in [6.45, 7) is 2.33. The Kier molecular flexibility index (Phi) is 6.21. The van der Waals surface area contributed by atoms with Crippen molar-refractivity contribution in [1.29, 1.82) is 0 Å². The second kappa shape index (κ2) is 9.70. The van der Waals surface area contributed by atoms with Gasteiger partial charge in [0.1, 0.15) is 0 Å². The summed E-state index contributed by atoms with van der Waals surface area (Å²) in [5, 5.41) is 1.58. The monoisotopic (exact) mass is 525 g/mol. The molecule has 1 fully saturated rings. The third kappa shape index (κ3) is 4.25. The number of anilines is 1. The highest BCUT2D eigenvalue weighted by molar-refractivity contribution is 7.89. The number of carbonyl (C=O) groups is 2. The van der Waals surface area contributed by atoms with Gasteiger partial charge in [0.2, 0.25) is 10.0 Å². The summed E-state index contributed by atoms with van der Waals surface area (Å²) in [5.41, 5.74) is 3.02. The maximum absolute atomic E-state index is 13.3. The Bertz CT molecular complexity index is 1580. The van der Waals surface area contributed by atoms with Gasteiger partial charge in [-0.2, -0.15) is 4.31 Å². The van der Waals surface area contributed by atoms with Crippen LogP contribution in [-0.4, -0.2) is 62.2 Å². The van der Waals surface area contributed by atoms with Gasteiger partial charge >= 0.3 is 0 Å². The number of amides is 2. The summed E-state index contributed by atoms with van der Waals surface area (Å²) in [4.78, 5) is 30.0. The average molecular weight is 526 g/mol. The fourth-order valence-corrected chi connectivity index (χ4v) is 6.75. The summed E-state index contributed by atoms with van der Waals surface area (Å²) in [6, 6.07) is 27.7. The van der Waals surface area contributed by atoms with Crippen LogP contribution in [0.3, 0.4) is 0 Å². The fourth-order valence-electron chi connectivity index (χ4n) is 5.33. The van der Waals surface area contributed by atoms with E-state index in [1.54, 1.807) is 36.4 Å². The predicted octanol–water partition coefficient (Wildman–Crippen LogP) is 4.19. The lowest BCUT2D eigenvalue weighted by atomic mass is 9.94. The minimum Gasteiger partial charge on any atom is -0.369 e. The molecule has 0 N–H and O–H groups in total. The van der Waals surface area contributed by atoms with Crippen molar-refractivity contribution in [2.24, 2.45) is 0 Å². The molecule has 2 aliphatic rings. The first-order chi connectivity index (χ1) is 18.4. The Hall–Kier alpha value is -4.01. The van der Waals surface area contributed by atoms with Crippen LogP contribution in [0.15, 0.2) is 95.9 Å². The van der Waals surface area contributed by atoms with Crippen molar-refractivity contribution in [1.82, 2.24) is 9.21 Å². The lowest BCUT2D eigenvalue weighted by Gasteiger charge is -2.35. The van der Waals surface area contributed by atoms with Gasteiger partial charge in [-0.25, -0.2) is 8.42 Å². The van der Waals surface area contributed by atoms with Crippen molar-refractivity contribution in [3.8, 4) is 0 Å². The molecule has 2 amide bonds. The second-order valence-corrected chi connectivity index (χ2v) is 11.5. The molecule has 7 nitrogen and oxygen atoms in total. The van der Waals surface area contributed by atoms with E-state index in [0.717, 1.165) is 16.6 Å². The lowest BCUT2D eigenvalue weighted by molar-refractivity contribution is 0.0612. The van der Waals surface area contributed by atoms with Crippen molar-refractivity contribution in [3.05, 3.63) is 108 Å². The molecule has 192 valence electrons. The average Bonchev–Trinajstić information content (AvgIpc) is 2.96. The Morgan fingerprint density at radius 1 is 0.658 bits per heavy atom. The zero-order chi connectivity index (χ0) is 26.3. The van der Waals surface area contributed by atoms with E-state index in [1.807, 2.05) is 54.6 Å². The molecule has 0 aromatic heterocycles. The first kappa shape index (κ1) is 24.3. The molecule has 2 aliphatic heterocycles. The molecule has 8 heteroatoms. The van der Waals surface area contributed by atoms with Crippen LogP contribution < -0.4 is 4.90 Å². The molecule has 4 aromatic carbocycles. The highest BCUT2D eigenvalue weighted by Gasteiger charge is 2.32. The van der Waals surface area contributed by atoms with E-state index >= 15 is 0 Å². The molecule has 2 heterocycles. The van der Waals surface area contributed by atoms with Crippen molar-refractivity contribution in [3.63, 3.8) is 0 Å². The maximum atomic E-state index is 13.3. The SMILES string of the molecule is O=C1c2cccc3cccc(c23)C(=O)N1CCc1ccc(S(=O)(=O)N2CCN(c3ccccc3)CC2)cc1. The maximum Gasteiger partial charge on any atom is 0.261 e. The largest absolute Gasteiger partial charge is 0.369 e. The molecule has 4 aromatic rings. The molecule has 38 heavy (non-hydrogen) atoms. The van der Waals surface area contributed by atoms with Crippen LogP contribution in [0.4, 0.5) is 5.69 Å². The first-order valence-corrected chi connectivity index (χ1v) is 14.1. The molecule has 0 saturated carbocycles. The van der Waals surface area contributed by atoms with Crippen LogP contribution in [0.25, 0.3) is 10.8 Å². The van der Waals surface area contributed by atoms with Crippen LogP contribution in [-0.2, 0) is 16.4 Å². The predicted molar refractivity (Wildman–Crippen MR) is 147 cm³/mol. The zero-order valence-corrected chi connectivity index (χ0v) is 21.6. The van der Waals surface area contributed by atoms with Crippen molar-refractivity contribution < 1.29 is 18.0 Å². The van der Waals surface area contributed by atoms with E-state index in [0.29, 0.717) is 49.1 Å². The van der Waals surface area contributed by atoms with Gasteiger partial charge in [0.25, 0.3) is 11.8 Å². The number of hydrogen-bond donors (Lipinski definition) is 0. The van der Waals surface area contributed by atoms with E-state index < -0.39 is 10.0 Å². The fraction of sp³-hybridized carbons (Fsp3) is 0.200. The molecule has 1 saturated heterocycles. The van der Waals surface area contributed by atoms with Gasteiger partial charge in [-0.1, -0.05) is 54.6 Å². The smallest absolute Gasteiger partial charge is 0.261 e. The topological polar surface area (TPSA) is 78.0 Å². The van der Waals surface area contributed by atoms with Crippen molar-refractivity contribution >= 4 is 38.3 Å². The molecular weight excluding hydrogens is 498 g/mol. The van der Waals surface area contributed by atoms with Crippen LogP contribution in [0.5, 0.6) is 0 Å². The number of imide groups is 1. The van der Waals surface area contributed by atoms with Crippen LogP contribution in [0.2, 0.25) is 0 Å². The Morgan fingerprint density at radius 2 is 1.26 bits per heavy atom. The molecular formula is C30H27N3O4S. The third-order valence-corrected chi connectivity index (χ3v) is 9.31. The summed E-state index contributed by atoms with van der Waals surface area (Å²) < 4.78 is 28.0. The molecule has 6 rings (SSSR count). The number of nitrogens with zero attached hydrogens (tertiary/aromatic N) is 3. The summed E-state index contributed by atoms with van der Waals surface area (Å²) >= 11 is 0. The second-order valence-electron chi connectivity index (χ2n) is 9.59. The number of piperazine rings is 1. The van der Waals surface area contributed by atoms with E-state index in [2.05, 4.69) is 4.90 Å². The summed E-state index contributed by atoms with van der Waals surface area (Å²) in [5.74, 6) is -0.596. The van der Waals surface area contributed by atoms with Crippen LogP contribution in [0, 0.1) is 0 Å². The Morgan fingerprint density at radius 3 is 1.87 bits per heavy atom. The summed E-state index contributed by atoms with van der Waals surface area (Å²) in [7, 11) is -3.61. The van der Waals surface area contributed by atoms with Gasteiger partial charge in [0, 0.05) is 54.9 Å². The van der Waals surface area contributed by atoms with Gasteiger partial charge in [-0.15, -0.1) is 0 Å². The normalized spacial score (nSPS) is 16.3. The molecule has 0 spiro atoms. The molecule has 0 unspecified atom stereocenters. The number of hydrogen-bond acceptors (Lipinski definition) is 5. The standard InChI is InChI=1S/C30H27N3O4S/c34-29-26-10-4-6-23-7-5-11-27(28(23)26)30(35)33(29)17-16-22-12-14-25(15-13-22)38(36,37)32-20-18-31(19-21-32)24-8-2-1-3-9-24/h1-15H,16-21H2. The van der Waals surface area contributed by atoms with E-state index in [1.165, 1.54) is 9.21 Å². The number of para-hydroxylation sites is 1. The van der Waals surface area contributed by atoms with Crippen LogP contribution >= 0.6 is 0 Å². The van der Waals surface area contributed by atoms with Gasteiger partial charge in [-0.05, 0) is 53.8 Å². The quantitative estimate of drug-likeness (QED) is 0.353. The van der Waals surface area contributed by atoms with Crippen molar-refractivity contribution in [2.75, 3.05) is 37.6 Å². The van der Waals surface area contributed by atoms with Gasteiger partial charge in [0.15, 0.2) is 0 Å². The van der Waals surface area contributed by atoms with Gasteiger partial charge in [0.05, 0.1) is 4.90 Å². The molecule has 0 radical (unpaired) electrons. The van der Waals surface area contributed by atoms with Gasteiger partial charge in [-0.3, -0.25) is 14.5 Å². The number of sulfonamides is 1. The van der Waals surface area contributed by atoms with Crippen molar-refractivity contribution in [2.45, 2.75) is 11.3 Å². The number of carbonyl (C=O) groups excluding carboxylic acids is 2. The molecule has 0 atom stereocenters. The molecule has 0 aliphatic carbocycles. The zero-order valence-electron chi connectivity index (χ0n) is 20.8. The van der Waals surface area contributed by atoms with Gasteiger partial charge < -0.3 is 4.90 Å². The lowest BCUT2D eigenvalue weighted by Crippen LogP contribution is -2.48. The highest BCUT2D eigenvalue weighted by atomic mass is 32.2.